The van der Waals surface area contributed by atoms with Gasteiger partial charge in [-0.25, -0.2) is 4.39 Å². The van der Waals surface area contributed by atoms with E-state index in [9.17, 15) is 24.2 Å². The number of amides is 2. The molecular weight excluding hydrogens is 459 g/mol. The fourth-order valence-corrected chi connectivity index (χ4v) is 3.50. The second kappa shape index (κ2) is 15.0. The maximum Gasteiger partial charge on any atom is 0.245 e. The first-order valence-electron chi connectivity index (χ1n) is 11.5. The normalized spacial score (nSPS) is 15.5. The molecule has 0 aromatic heterocycles. The molecule has 1 atom stereocenters. The van der Waals surface area contributed by atoms with Gasteiger partial charge in [-0.3, -0.25) is 14.5 Å². The number of ether oxygens (including phenoxy) is 2. The Balaban J connectivity index is 1.88. The van der Waals surface area contributed by atoms with Gasteiger partial charge >= 0.3 is 0 Å². The molecule has 0 radical (unpaired) electrons. The van der Waals surface area contributed by atoms with Gasteiger partial charge in [-0.2, -0.15) is 0 Å². The number of likely N-dealkylation sites (N-methyl/N-ethyl adjacent to an activating group) is 1. The van der Waals surface area contributed by atoms with Crippen molar-refractivity contribution in [3.63, 3.8) is 0 Å². The van der Waals surface area contributed by atoms with Crippen molar-refractivity contribution in [1.82, 2.24) is 15.5 Å². The molecule has 194 valence electrons. The molecule has 6 N–H and O–H groups in total. The monoisotopic (exact) mass is 494 g/mol. The lowest BCUT2D eigenvalue weighted by molar-refractivity contribution is -0.120. The molecule has 2 rings (SSSR count). The first kappa shape index (κ1) is 28.1. The summed E-state index contributed by atoms with van der Waals surface area (Å²) in [5, 5.41) is 25.5. The van der Waals surface area contributed by atoms with Crippen LogP contribution >= 0.6 is 0 Å². The molecule has 0 aliphatic heterocycles. The van der Waals surface area contributed by atoms with E-state index in [1.54, 1.807) is 0 Å². The van der Waals surface area contributed by atoms with Crippen molar-refractivity contribution >= 4 is 12.3 Å². The van der Waals surface area contributed by atoms with Crippen LogP contribution in [0.1, 0.15) is 43.8 Å². The zero-order valence-electron chi connectivity index (χ0n) is 19.9. The lowest BCUT2D eigenvalue weighted by Crippen LogP contribution is -2.27. The van der Waals surface area contributed by atoms with Crippen LogP contribution in [-0.2, 0) is 14.3 Å². The molecule has 1 aromatic rings. The van der Waals surface area contributed by atoms with Gasteiger partial charge in [-0.15, -0.1) is 0 Å². The number of carbonyl (C=O) groups excluding carboxylic acids is 2. The largest absolute Gasteiger partial charge is 0.487 e. The molecule has 0 saturated heterocycles. The Labute approximate surface area is 204 Å². The highest BCUT2D eigenvalue weighted by Gasteiger charge is 2.19. The average Bonchev–Trinajstić information content (AvgIpc) is 3.38. The summed E-state index contributed by atoms with van der Waals surface area (Å²) in [6.07, 6.45) is 6.16. The second-order valence-electron chi connectivity index (χ2n) is 8.11. The maximum absolute atomic E-state index is 14.2. The number of rotatable bonds is 15. The van der Waals surface area contributed by atoms with Gasteiger partial charge in [-0.1, -0.05) is 6.07 Å². The zero-order chi connectivity index (χ0) is 25.6. The van der Waals surface area contributed by atoms with Gasteiger partial charge in [0, 0.05) is 38.0 Å². The van der Waals surface area contributed by atoms with Crippen molar-refractivity contribution < 1.29 is 33.7 Å². The lowest BCUT2D eigenvalue weighted by atomic mass is 10.1. The van der Waals surface area contributed by atoms with Crippen molar-refractivity contribution in [2.24, 2.45) is 5.73 Å². The quantitative estimate of drug-likeness (QED) is 0.105. The first-order chi connectivity index (χ1) is 16.9. The third-order valence-corrected chi connectivity index (χ3v) is 5.54. The SMILES string of the molecule is CNC(=O)/C=C\N(C=O)COCC/C(NC[C@@H](O)c1ccc(F)c(OC2CCCC2)c1)=C(/N)CO. The number of nitrogens with one attached hydrogen (secondary N) is 2. The minimum Gasteiger partial charge on any atom is -0.487 e. The van der Waals surface area contributed by atoms with E-state index in [0.29, 0.717) is 17.7 Å². The minimum absolute atomic E-state index is 0.0108. The fraction of sp³-hybridized carbons (Fsp3) is 0.500. The fourth-order valence-electron chi connectivity index (χ4n) is 3.50. The van der Waals surface area contributed by atoms with Crippen molar-refractivity contribution in [1.29, 1.82) is 0 Å². The molecular formula is C24H35FN4O6. The molecule has 0 unspecified atom stereocenters. The van der Waals surface area contributed by atoms with Gasteiger partial charge in [0.1, 0.15) is 6.73 Å². The van der Waals surface area contributed by atoms with Crippen molar-refractivity contribution in [2.75, 3.05) is 33.5 Å². The molecule has 0 spiro atoms. The van der Waals surface area contributed by atoms with Gasteiger partial charge in [0.25, 0.3) is 0 Å². The summed E-state index contributed by atoms with van der Waals surface area (Å²) in [5.74, 6) is -0.714. The van der Waals surface area contributed by atoms with E-state index >= 15 is 0 Å². The molecule has 35 heavy (non-hydrogen) atoms. The number of halogens is 1. The second-order valence-corrected chi connectivity index (χ2v) is 8.11. The van der Waals surface area contributed by atoms with E-state index in [-0.39, 0.29) is 49.8 Å². The van der Waals surface area contributed by atoms with Gasteiger partial charge in [0.05, 0.1) is 31.1 Å². The zero-order valence-corrected chi connectivity index (χ0v) is 19.9. The van der Waals surface area contributed by atoms with Gasteiger partial charge in [-0.05, 0) is 43.4 Å². The highest BCUT2D eigenvalue weighted by molar-refractivity contribution is 5.87. The Morgan fingerprint density at radius 2 is 2.11 bits per heavy atom. The summed E-state index contributed by atoms with van der Waals surface area (Å²) < 4.78 is 25.4. The molecule has 11 heteroatoms. The van der Waals surface area contributed by atoms with Gasteiger partial charge in [0.2, 0.25) is 12.3 Å². The van der Waals surface area contributed by atoms with Crippen LogP contribution in [0.5, 0.6) is 5.75 Å². The molecule has 1 aliphatic carbocycles. The van der Waals surface area contributed by atoms with E-state index in [1.807, 2.05) is 0 Å². The summed E-state index contributed by atoms with van der Waals surface area (Å²) in [6, 6.07) is 4.26. The summed E-state index contributed by atoms with van der Waals surface area (Å²) in [6.45, 7) is -0.290. The van der Waals surface area contributed by atoms with Crippen LogP contribution in [0.15, 0.2) is 41.9 Å². The molecule has 1 saturated carbocycles. The van der Waals surface area contributed by atoms with E-state index < -0.39 is 18.5 Å². The van der Waals surface area contributed by atoms with Crippen LogP contribution in [0.4, 0.5) is 4.39 Å². The molecule has 2 amide bonds. The topological polar surface area (TPSA) is 146 Å². The van der Waals surface area contributed by atoms with Crippen molar-refractivity contribution in [3.8, 4) is 5.75 Å². The van der Waals surface area contributed by atoms with Crippen molar-refractivity contribution in [3.05, 3.63) is 53.2 Å². The number of nitrogens with zero attached hydrogens (tertiary/aromatic N) is 1. The Morgan fingerprint density at radius 1 is 1.37 bits per heavy atom. The van der Waals surface area contributed by atoms with Crippen LogP contribution < -0.4 is 21.1 Å². The van der Waals surface area contributed by atoms with Gasteiger partial charge < -0.3 is 36.1 Å². The number of hydrogen-bond acceptors (Lipinski definition) is 8. The van der Waals surface area contributed by atoms with Gasteiger partial charge in [0.15, 0.2) is 11.6 Å². The highest BCUT2D eigenvalue weighted by Crippen LogP contribution is 2.28. The van der Waals surface area contributed by atoms with Crippen LogP contribution in [0, 0.1) is 5.82 Å². The van der Waals surface area contributed by atoms with Crippen LogP contribution in [-0.4, -0.2) is 67.1 Å². The number of benzene rings is 1. The predicted octanol–water partition coefficient (Wildman–Crippen LogP) is 1.02. The maximum atomic E-state index is 14.2. The first-order valence-corrected chi connectivity index (χ1v) is 11.5. The average molecular weight is 495 g/mol. The summed E-state index contributed by atoms with van der Waals surface area (Å²) in [4.78, 5) is 23.4. The summed E-state index contributed by atoms with van der Waals surface area (Å²) >= 11 is 0. The van der Waals surface area contributed by atoms with E-state index in [4.69, 9.17) is 15.2 Å². The Hall–Kier alpha value is -3.15. The molecule has 0 bridgehead atoms. The van der Waals surface area contributed by atoms with E-state index in [0.717, 1.165) is 30.6 Å². The number of aliphatic hydroxyl groups excluding tert-OH is 2. The molecule has 10 nitrogen and oxygen atoms in total. The third-order valence-electron chi connectivity index (χ3n) is 5.54. The number of aliphatic hydroxyl groups is 2. The summed E-state index contributed by atoms with van der Waals surface area (Å²) in [5.41, 5.74) is 7.01. The van der Waals surface area contributed by atoms with E-state index in [1.165, 1.54) is 37.5 Å². The standard InChI is InChI=1S/C24H35FN4O6/c1-27-24(33)8-10-29(15-31)16-34-11-9-21(20(26)14-30)28-13-22(32)17-6-7-19(25)23(12-17)35-18-4-2-3-5-18/h6-8,10,12,15,18,22,28,30,32H,2-5,9,11,13-14,16,26H2,1H3,(H,27,33)/b10-8-,21-20-/t22-/m1/s1. The number of carbonyl (C=O) groups is 2. The van der Waals surface area contributed by atoms with E-state index in [2.05, 4.69) is 10.6 Å². The van der Waals surface area contributed by atoms with Crippen LogP contribution in [0.25, 0.3) is 0 Å². The highest BCUT2D eigenvalue weighted by atomic mass is 19.1. The third kappa shape index (κ3) is 9.55. The molecule has 1 fully saturated rings. The van der Waals surface area contributed by atoms with Crippen LogP contribution in [0.2, 0.25) is 0 Å². The number of nitrogens with two attached hydrogens (primary N) is 1. The molecule has 0 heterocycles. The smallest absolute Gasteiger partial charge is 0.245 e. The molecule has 1 aromatic carbocycles. The predicted molar refractivity (Wildman–Crippen MR) is 127 cm³/mol. The van der Waals surface area contributed by atoms with Crippen molar-refractivity contribution in [2.45, 2.75) is 44.3 Å². The molecule has 1 aliphatic rings. The lowest BCUT2D eigenvalue weighted by Gasteiger charge is -2.19. The Kier molecular flexibility index (Phi) is 12.0. The Morgan fingerprint density at radius 3 is 2.77 bits per heavy atom. The number of hydrogen-bond donors (Lipinski definition) is 5. The Bertz CT molecular complexity index is 889. The summed E-state index contributed by atoms with van der Waals surface area (Å²) in [7, 11) is 1.47. The van der Waals surface area contributed by atoms with Crippen LogP contribution in [0.3, 0.4) is 0 Å². The minimum atomic E-state index is -0.982.